The minimum atomic E-state index is -4.41. The van der Waals surface area contributed by atoms with Crippen molar-refractivity contribution in [3.8, 4) is 0 Å². The maximum Gasteiger partial charge on any atom is 0.405 e. The summed E-state index contributed by atoms with van der Waals surface area (Å²) in [5, 5.41) is 1.86. The van der Waals surface area contributed by atoms with Crippen LogP contribution in [0.4, 0.5) is 13.2 Å². The lowest BCUT2D eigenvalue weighted by Crippen LogP contribution is -2.51. The summed E-state index contributed by atoms with van der Waals surface area (Å²) in [6, 6.07) is 7.52. The molecule has 144 valence electrons. The maximum atomic E-state index is 12.5. The maximum absolute atomic E-state index is 12.5. The van der Waals surface area contributed by atoms with E-state index < -0.39 is 18.6 Å². The fourth-order valence-corrected chi connectivity index (χ4v) is 2.76. The van der Waals surface area contributed by atoms with Gasteiger partial charge < -0.3 is 10.2 Å². The van der Waals surface area contributed by atoms with E-state index in [4.69, 9.17) is 0 Å². The molecule has 26 heavy (non-hydrogen) atoms. The summed E-state index contributed by atoms with van der Waals surface area (Å²) in [7, 11) is 0. The molecule has 0 saturated carbocycles. The third-order valence-electron chi connectivity index (χ3n) is 4.34. The number of piperazine rings is 1. The number of carbonyl (C=O) groups is 2. The summed E-state index contributed by atoms with van der Waals surface area (Å²) in [5.74, 6) is -0.334. The summed E-state index contributed by atoms with van der Waals surface area (Å²) in [5.41, 5.74) is 1.78. The van der Waals surface area contributed by atoms with E-state index in [9.17, 15) is 22.8 Å². The Morgan fingerprint density at radius 1 is 1.08 bits per heavy atom. The molecule has 0 aromatic heterocycles. The molecule has 1 aromatic rings. The van der Waals surface area contributed by atoms with Crippen molar-refractivity contribution in [1.82, 2.24) is 15.1 Å². The topological polar surface area (TPSA) is 52.7 Å². The summed E-state index contributed by atoms with van der Waals surface area (Å²) < 4.78 is 36.3. The first kappa shape index (κ1) is 20.2. The Morgan fingerprint density at radius 2 is 1.65 bits per heavy atom. The Labute approximate surface area is 151 Å². The second-order valence-corrected chi connectivity index (χ2v) is 6.74. The van der Waals surface area contributed by atoms with Crippen LogP contribution in [0.1, 0.15) is 35.7 Å². The predicted octanol–water partition coefficient (Wildman–Crippen LogP) is 2.25. The molecule has 0 unspecified atom stereocenters. The molecular weight excluding hydrogens is 347 g/mol. The van der Waals surface area contributed by atoms with Crippen molar-refractivity contribution >= 4 is 11.8 Å². The molecule has 1 fully saturated rings. The van der Waals surface area contributed by atoms with Crippen molar-refractivity contribution in [1.29, 1.82) is 0 Å². The molecule has 1 heterocycles. The van der Waals surface area contributed by atoms with Gasteiger partial charge in [0.1, 0.15) is 6.54 Å². The Bertz CT molecular complexity index is 622. The highest BCUT2D eigenvalue weighted by Crippen LogP contribution is 2.16. The van der Waals surface area contributed by atoms with Crippen LogP contribution in [0.2, 0.25) is 0 Å². The van der Waals surface area contributed by atoms with Crippen molar-refractivity contribution in [3.63, 3.8) is 0 Å². The number of halogens is 3. The second kappa shape index (κ2) is 8.53. The van der Waals surface area contributed by atoms with Crippen LogP contribution in [0.15, 0.2) is 24.3 Å². The molecular formula is C18H24F3N3O2. The number of amides is 2. The van der Waals surface area contributed by atoms with Crippen LogP contribution in [-0.2, 0) is 4.79 Å². The van der Waals surface area contributed by atoms with Crippen LogP contribution >= 0.6 is 0 Å². The van der Waals surface area contributed by atoms with E-state index in [0.29, 0.717) is 37.7 Å². The van der Waals surface area contributed by atoms with Crippen LogP contribution in [-0.4, -0.2) is 67.1 Å². The summed E-state index contributed by atoms with van der Waals surface area (Å²) >= 11 is 0. The zero-order chi connectivity index (χ0) is 19.3. The van der Waals surface area contributed by atoms with Gasteiger partial charge in [0.25, 0.3) is 5.91 Å². The zero-order valence-corrected chi connectivity index (χ0v) is 15.0. The van der Waals surface area contributed by atoms with Gasteiger partial charge in [-0.1, -0.05) is 26.0 Å². The Balaban J connectivity index is 1.80. The van der Waals surface area contributed by atoms with Gasteiger partial charge in [0.05, 0.1) is 6.54 Å². The van der Waals surface area contributed by atoms with E-state index in [2.05, 4.69) is 13.8 Å². The van der Waals surface area contributed by atoms with Gasteiger partial charge in [0.2, 0.25) is 5.91 Å². The van der Waals surface area contributed by atoms with E-state index in [1.807, 2.05) is 29.6 Å². The number of hydrogen-bond donors (Lipinski definition) is 1. The molecule has 5 nitrogen and oxygen atoms in total. The second-order valence-electron chi connectivity index (χ2n) is 6.74. The third-order valence-corrected chi connectivity index (χ3v) is 4.34. The highest BCUT2D eigenvalue weighted by Gasteiger charge is 2.28. The van der Waals surface area contributed by atoms with Gasteiger partial charge in [-0.2, -0.15) is 13.2 Å². The van der Waals surface area contributed by atoms with Crippen LogP contribution in [0, 0.1) is 0 Å². The van der Waals surface area contributed by atoms with Crippen LogP contribution in [0.5, 0.6) is 0 Å². The molecule has 1 aromatic carbocycles. The van der Waals surface area contributed by atoms with Gasteiger partial charge in [-0.05, 0) is 23.6 Å². The van der Waals surface area contributed by atoms with Gasteiger partial charge in [0.15, 0.2) is 0 Å². The zero-order valence-electron chi connectivity index (χ0n) is 15.0. The number of nitrogens with one attached hydrogen (secondary N) is 1. The minimum absolute atomic E-state index is 0.0681. The molecule has 1 N–H and O–H groups in total. The SMILES string of the molecule is CC(C)c1ccc(C(=O)N2CCN(CC(=O)NCC(F)(F)F)CC2)cc1. The lowest BCUT2D eigenvalue weighted by Gasteiger charge is -2.34. The van der Waals surface area contributed by atoms with Crippen molar-refractivity contribution in [3.05, 3.63) is 35.4 Å². The van der Waals surface area contributed by atoms with E-state index in [1.165, 1.54) is 0 Å². The smallest absolute Gasteiger partial charge is 0.346 e. The number of alkyl halides is 3. The van der Waals surface area contributed by atoms with Gasteiger partial charge >= 0.3 is 6.18 Å². The number of benzene rings is 1. The average molecular weight is 371 g/mol. The van der Waals surface area contributed by atoms with E-state index in [-0.39, 0.29) is 12.5 Å². The van der Waals surface area contributed by atoms with E-state index in [1.54, 1.807) is 9.80 Å². The van der Waals surface area contributed by atoms with E-state index in [0.717, 1.165) is 5.56 Å². The average Bonchev–Trinajstić information content (AvgIpc) is 2.59. The molecule has 2 amide bonds. The normalized spacial score (nSPS) is 16.0. The predicted molar refractivity (Wildman–Crippen MR) is 91.9 cm³/mol. The van der Waals surface area contributed by atoms with Gasteiger partial charge in [-0.15, -0.1) is 0 Å². The lowest BCUT2D eigenvalue weighted by atomic mass is 10.0. The Hall–Kier alpha value is -2.09. The molecule has 0 spiro atoms. The summed E-state index contributed by atoms with van der Waals surface area (Å²) in [6.45, 7) is 4.54. The van der Waals surface area contributed by atoms with Crippen molar-refractivity contribution in [2.75, 3.05) is 39.3 Å². The lowest BCUT2D eigenvalue weighted by molar-refractivity contribution is -0.139. The molecule has 2 rings (SSSR count). The molecule has 1 saturated heterocycles. The quantitative estimate of drug-likeness (QED) is 0.864. The number of rotatable bonds is 5. The van der Waals surface area contributed by atoms with Gasteiger partial charge in [-0.3, -0.25) is 14.5 Å². The Morgan fingerprint density at radius 3 is 2.15 bits per heavy atom. The minimum Gasteiger partial charge on any atom is -0.346 e. The van der Waals surface area contributed by atoms with Crippen LogP contribution in [0.3, 0.4) is 0 Å². The third kappa shape index (κ3) is 6.01. The van der Waals surface area contributed by atoms with Gasteiger partial charge in [-0.25, -0.2) is 0 Å². The summed E-state index contributed by atoms with van der Waals surface area (Å²) in [4.78, 5) is 27.5. The van der Waals surface area contributed by atoms with Crippen molar-refractivity contribution < 1.29 is 22.8 Å². The monoisotopic (exact) mass is 371 g/mol. The Kier molecular flexibility index (Phi) is 6.63. The van der Waals surface area contributed by atoms with Crippen LogP contribution < -0.4 is 5.32 Å². The highest BCUT2D eigenvalue weighted by molar-refractivity contribution is 5.94. The molecule has 0 bridgehead atoms. The fraction of sp³-hybridized carbons (Fsp3) is 0.556. The standard InChI is InChI=1S/C18H24F3N3O2/c1-13(2)14-3-5-15(6-4-14)17(26)24-9-7-23(8-10-24)11-16(25)22-12-18(19,20)21/h3-6,13H,7-12H2,1-2H3,(H,22,25). The molecule has 0 atom stereocenters. The highest BCUT2D eigenvalue weighted by atomic mass is 19.4. The largest absolute Gasteiger partial charge is 0.405 e. The number of hydrogen-bond acceptors (Lipinski definition) is 3. The van der Waals surface area contributed by atoms with Gasteiger partial charge in [0, 0.05) is 31.7 Å². The first-order valence-corrected chi connectivity index (χ1v) is 8.61. The number of carbonyl (C=O) groups excluding carboxylic acids is 2. The van der Waals surface area contributed by atoms with Crippen LogP contribution in [0.25, 0.3) is 0 Å². The molecule has 0 aliphatic carbocycles. The van der Waals surface area contributed by atoms with Crippen molar-refractivity contribution in [2.45, 2.75) is 25.9 Å². The molecule has 0 radical (unpaired) electrons. The molecule has 1 aliphatic rings. The fourth-order valence-electron chi connectivity index (χ4n) is 2.76. The summed E-state index contributed by atoms with van der Waals surface area (Å²) in [6.07, 6.45) is -4.41. The number of nitrogens with zero attached hydrogens (tertiary/aromatic N) is 2. The van der Waals surface area contributed by atoms with E-state index >= 15 is 0 Å². The molecule has 1 aliphatic heterocycles. The van der Waals surface area contributed by atoms with Crippen molar-refractivity contribution in [2.24, 2.45) is 0 Å². The molecule has 8 heteroatoms. The first-order valence-electron chi connectivity index (χ1n) is 8.61. The first-order chi connectivity index (χ1) is 12.2.